The highest BCUT2D eigenvalue weighted by molar-refractivity contribution is 6.30. The molecule has 0 atom stereocenters. The Morgan fingerprint density at radius 3 is 2.38 bits per heavy atom. The van der Waals surface area contributed by atoms with Crippen molar-refractivity contribution in [1.82, 2.24) is 19.4 Å². The van der Waals surface area contributed by atoms with Gasteiger partial charge < -0.3 is 9.80 Å². The lowest BCUT2D eigenvalue weighted by Crippen LogP contribution is -2.49. The lowest BCUT2D eigenvalue weighted by atomic mass is 10.0. The van der Waals surface area contributed by atoms with E-state index in [1.165, 1.54) is 4.57 Å². The number of pyridine rings is 1. The molecule has 0 aliphatic carbocycles. The summed E-state index contributed by atoms with van der Waals surface area (Å²) in [5.74, 6) is -0.186. The summed E-state index contributed by atoms with van der Waals surface area (Å²) in [5.41, 5.74) is 1.18. The molecule has 4 rings (SSSR count). The molecule has 3 heterocycles. The smallest absolute Gasteiger partial charge is 0.329 e. The van der Waals surface area contributed by atoms with Crippen molar-refractivity contribution in [3.8, 4) is 0 Å². The van der Waals surface area contributed by atoms with Gasteiger partial charge in [-0.25, -0.2) is 9.78 Å². The van der Waals surface area contributed by atoms with Crippen molar-refractivity contribution in [2.24, 2.45) is 0 Å². The molecule has 1 amide bonds. The quantitative estimate of drug-likeness (QED) is 0.653. The third-order valence-electron chi connectivity index (χ3n) is 5.87. The van der Waals surface area contributed by atoms with Gasteiger partial charge in [-0.2, -0.15) is 0 Å². The van der Waals surface area contributed by atoms with Crippen LogP contribution < -0.4 is 16.1 Å². The number of anilines is 1. The number of piperazine rings is 1. The van der Waals surface area contributed by atoms with Crippen LogP contribution in [-0.2, 0) is 6.54 Å². The van der Waals surface area contributed by atoms with Gasteiger partial charge in [-0.05, 0) is 43.2 Å². The van der Waals surface area contributed by atoms with Crippen molar-refractivity contribution in [1.29, 1.82) is 0 Å². The number of aryl methyl sites for hydroxylation is 1. The number of aromatic nitrogens is 3. The summed E-state index contributed by atoms with van der Waals surface area (Å²) in [6.07, 6.45) is 0. The Kier molecular flexibility index (Phi) is 6.06. The van der Waals surface area contributed by atoms with Gasteiger partial charge in [0.05, 0.1) is 10.9 Å². The van der Waals surface area contributed by atoms with Crippen LogP contribution in [0.15, 0.2) is 39.9 Å². The van der Waals surface area contributed by atoms with E-state index in [9.17, 15) is 14.4 Å². The highest BCUT2D eigenvalue weighted by atomic mass is 35.5. The van der Waals surface area contributed by atoms with Gasteiger partial charge in [0.25, 0.3) is 11.5 Å². The number of hydrogen-bond acceptors (Lipinski definition) is 5. The second-order valence-electron chi connectivity index (χ2n) is 8.21. The van der Waals surface area contributed by atoms with E-state index in [1.54, 1.807) is 17.9 Å². The number of benzene rings is 1. The van der Waals surface area contributed by atoms with E-state index in [0.29, 0.717) is 49.0 Å². The summed E-state index contributed by atoms with van der Waals surface area (Å²) in [7, 11) is 0. The number of fused-ring (bicyclic) bond motifs is 1. The van der Waals surface area contributed by atoms with Crippen LogP contribution in [-0.4, -0.2) is 51.5 Å². The van der Waals surface area contributed by atoms with E-state index < -0.39 is 11.2 Å². The highest BCUT2D eigenvalue weighted by Crippen LogP contribution is 2.23. The maximum absolute atomic E-state index is 13.5. The zero-order chi connectivity index (χ0) is 23.0. The summed E-state index contributed by atoms with van der Waals surface area (Å²) >= 11 is 5.98. The van der Waals surface area contributed by atoms with E-state index in [1.807, 2.05) is 38.1 Å². The molecule has 32 heavy (non-hydrogen) atoms. The largest absolute Gasteiger partial charge is 0.368 e. The third-order valence-corrected chi connectivity index (χ3v) is 6.12. The van der Waals surface area contributed by atoms with Gasteiger partial charge in [-0.15, -0.1) is 0 Å². The van der Waals surface area contributed by atoms with Crippen molar-refractivity contribution in [3.63, 3.8) is 0 Å². The normalized spacial score (nSPS) is 14.4. The predicted molar refractivity (Wildman–Crippen MR) is 126 cm³/mol. The van der Waals surface area contributed by atoms with Gasteiger partial charge in [0, 0.05) is 49.1 Å². The molecule has 3 aromatic rings. The van der Waals surface area contributed by atoms with E-state index in [2.05, 4.69) is 14.9 Å². The zero-order valence-electron chi connectivity index (χ0n) is 18.4. The average molecular weight is 456 g/mol. The molecule has 9 heteroatoms. The second kappa shape index (κ2) is 8.78. The zero-order valence-corrected chi connectivity index (χ0v) is 19.1. The van der Waals surface area contributed by atoms with E-state index in [0.717, 1.165) is 5.69 Å². The van der Waals surface area contributed by atoms with Crippen LogP contribution in [0.2, 0.25) is 5.02 Å². The fourth-order valence-corrected chi connectivity index (χ4v) is 4.17. The number of hydrogen-bond donors (Lipinski definition) is 1. The van der Waals surface area contributed by atoms with Crippen LogP contribution in [0.3, 0.4) is 0 Å². The molecule has 0 spiro atoms. The number of nitrogens with one attached hydrogen (secondary N) is 1. The van der Waals surface area contributed by atoms with Crippen LogP contribution in [0.4, 0.5) is 5.69 Å². The number of H-pyrrole nitrogens is 1. The first kappa shape index (κ1) is 22.1. The molecule has 1 saturated heterocycles. The maximum Gasteiger partial charge on any atom is 0.329 e. The molecule has 0 saturated carbocycles. The molecule has 1 aliphatic rings. The monoisotopic (exact) mass is 455 g/mol. The van der Waals surface area contributed by atoms with Gasteiger partial charge in [0.1, 0.15) is 0 Å². The molecule has 8 nitrogen and oxygen atoms in total. The molecule has 1 aliphatic heterocycles. The molecular formula is C23H26ClN5O3. The van der Waals surface area contributed by atoms with Crippen molar-refractivity contribution >= 4 is 34.2 Å². The van der Waals surface area contributed by atoms with Gasteiger partial charge in [0.2, 0.25) is 0 Å². The number of nitrogens with zero attached hydrogens (tertiary/aromatic N) is 4. The van der Waals surface area contributed by atoms with Gasteiger partial charge in [-0.3, -0.25) is 19.1 Å². The average Bonchev–Trinajstić information content (AvgIpc) is 2.78. The Morgan fingerprint density at radius 1 is 1.12 bits per heavy atom. The molecule has 2 aromatic heterocycles. The van der Waals surface area contributed by atoms with Crippen LogP contribution in [0.1, 0.15) is 42.7 Å². The number of amides is 1. The molecule has 0 unspecified atom stereocenters. The minimum Gasteiger partial charge on any atom is -0.368 e. The summed E-state index contributed by atoms with van der Waals surface area (Å²) in [5, 5.41) is 0.852. The lowest BCUT2D eigenvalue weighted by Gasteiger charge is -2.36. The molecule has 168 valence electrons. The molecule has 1 N–H and O–H groups in total. The van der Waals surface area contributed by atoms with Crippen molar-refractivity contribution < 1.29 is 4.79 Å². The number of aromatic amines is 1. The van der Waals surface area contributed by atoms with Crippen LogP contribution in [0.5, 0.6) is 0 Å². The van der Waals surface area contributed by atoms with Gasteiger partial charge in [-0.1, -0.05) is 25.4 Å². The first-order chi connectivity index (χ1) is 15.3. The number of rotatable bonds is 4. The molecule has 0 bridgehead atoms. The molecule has 0 radical (unpaired) electrons. The van der Waals surface area contributed by atoms with E-state index in [-0.39, 0.29) is 22.9 Å². The first-order valence-corrected chi connectivity index (χ1v) is 11.2. The molecule has 1 aromatic carbocycles. The summed E-state index contributed by atoms with van der Waals surface area (Å²) in [4.78, 5) is 49.4. The fraction of sp³-hybridized carbons (Fsp3) is 0.391. The van der Waals surface area contributed by atoms with Crippen molar-refractivity contribution in [2.45, 2.75) is 33.2 Å². The summed E-state index contributed by atoms with van der Waals surface area (Å²) in [6.45, 7) is 8.46. The molecule has 1 fully saturated rings. The predicted octanol–water partition coefficient (Wildman–Crippen LogP) is 2.84. The number of halogens is 1. The summed E-state index contributed by atoms with van der Waals surface area (Å²) in [6, 6.07) is 9.33. The standard InChI is InChI=1S/C23H26ClN5O3/c1-4-29-20-19(21(30)26-23(29)32)17(13-18(25-20)14(2)3)22(31)28-11-9-27(10-12-28)16-7-5-15(24)6-8-16/h5-8,13-14H,4,9-12H2,1-3H3,(H,26,30,32). The minimum atomic E-state index is -0.583. The van der Waals surface area contributed by atoms with Crippen LogP contribution >= 0.6 is 11.6 Å². The first-order valence-electron chi connectivity index (χ1n) is 10.8. The maximum atomic E-state index is 13.5. The lowest BCUT2D eigenvalue weighted by molar-refractivity contribution is 0.0748. The minimum absolute atomic E-state index is 0.0346. The Hall–Kier alpha value is -3.13. The third kappa shape index (κ3) is 4.02. The highest BCUT2D eigenvalue weighted by Gasteiger charge is 2.26. The summed E-state index contributed by atoms with van der Waals surface area (Å²) < 4.78 is 1.40. The van der Waals surface area contributed by atoms with Crippen LogP contribution in [0.25, 0.3) is 11.0 Å². The fourth-order valence-electron chi connectivity index (χ4n) is 4.04. The van der Waals surface area contributed by atoms with Crippen LogP contribution in [0, 0.1) is 0 Å². The number of carbonyl (C=O) groups is 1. The molecular weight excluding hydrogens is 430 g/mol. The van der Waals surface area contributed by atoms with E-state index >= 15 is 0 Å². The van der Waals surface area contributed by atoms with Crippen molar-refractivity contribution in [2.75, 3.05) is 31.1 Å². The SMILES string of the molecule is CCn1c(=O)[nH]c(=O)c2c(C(=O)N3CCN(c4ccc(Cl)cc4)CC3)cc(C(C)C)nc21. The Labute approximate surface area is 190 Å². The Morgan fingerprint density at radius 2 is 1.78 bits per heavy atom. The van der Waals surface area contributed by atoms with Gasteiger partial charge >= 0.3 is 5.69 Å². The van der Waals surface area contributed by atoms with Crippen molar-refractivity contribution in [3.05, 3.63) is 67.4 Å². The topological polar surface area (TPSA) is 91.3 Å². The Balaban J connectivity index is 1.70. The van der Waals surface area contributed by atoms with Gasteiger partial charge in [0.15, 0.2) is 5.65 Å². The Bertz CT molecular complexity index is 1270. The number of carbonyl (C=O) groups excluding carboxylic acids is 1. The van der Waals surface area contributed by atoms with E-state index in [4.69, 9.17) is 11.6 Å². The second-order valence-corrected chi connectivity index (χ2v) is 8.64.